The molecule has 0 saturated heterocycles. The largest absolute Gasteiger partial charge is 0.462 e. The molecule has 1 aromatic heterocycles. The molecule has 1 aliphatic rings. The molecule has 1 aliphatic heterocycles. The monoisotopic (exact) mass is 331 g/mol. The van der Waals surface area contributed by atoms with Gasteiger partial charge in [0.1, 0.15) is 17.7 Å². The van der Waals surface area contributed by atoms with Gasteiger partial charge in [-0.3, -0.25) is 10.1 Å². The van der Waals surface area contributed by atoms with Crippen LogP contribution in [0, 0.1) is 10.1 Å². The minimum atomic E-state index is -0.699. The lowest BCUT2D eigenvalue weighted by Crippen LogP contribution is -2.32. The molecular formula is C15H17N5O4. The summed E-state index contributed by atoms with van der Waals surface area (Å²) in [4.78, 5) is 26.7. The molecule has 1 N–H and O–H groups in total. The van der Waals surface area contributed by atoms with E-state index in [1.54, 1.807) is 13.0 Å². The predicted octanol–water partition coefficient (Wildman–Crippen LogP) is 1.79. The summed E-state index contributed by atoms with van der Waals surface area (Å²) < 4.78 is 6.74. The smallest absolute Gasteiger partial charge is 0.345 e. The first-order chi connectivity index (χ1) is 11.6. The SMILES string of the molecule is CCOC(=O)c1cc(NC2CCc3ncnn3C2)ccc1[N+](=O)[O-]. The molecule has 9 nitrogen and oxygen atoms in total. The maximum Gasteiger partial charge on any atom is 0.345 e. The van der Waals surface area contributed by atoms with Crippen LogP contribution in [0.2, 0.25) is 0 Å². The third kappa shape index (κ3) is 3.19. The van der Waals surface area contributed by atoms with Crippen molar-refractivity contribution in [2.75, 3.05) is 11.9 Å². The van der Waals surface area contributed by atoms with Gasteiger partial charge in [-0.2, -0.15) is 5.10 Å². The van der Waals surface area contributed by atoms with Crippen molar-refractivity contribution < 1.29 is 14.5 Å². The van der Waals surface area contributed by atoms with Gasteiger partial charge in [-0.15, -0.1) is 0 Å². The Morgan fingerprint density at radius 3 is 3.12 bits per heavy atom. The highest BCUT2D eigenvalue weighted by molar-refractivity contribution is 5.95. The number of rotatable bonds is 5. The number of anilines is 1. The van der Waals surface area contributed by atoms with Gasteiger partial charge in [0.2, 0.25) is 0 Å². The molecule has 1 aromatic carbocycles. The standard InChI is InChI=1S/C15H17N5O4/c1-2-24-15(21)12-7-10(3-5-13(12)20(22)23)18-11-4-6-14-16-9-17-19(14)8-11/h3,5,7,9,11,18H,2,4,6,8H2,1H3. The lowest BCUT2D eigenvalue weighted by molar-refractivity contribution is -0.385. The second kappa shape index (κ2) is 6.65. The Morgan fingerprint density at radius 2 is 2.38 bits per heavy atom. The molecule has 9 heteroatoms. The molecule has 0 aliphatic carbocycles. The number of aromatic nitrogens is 3. The van der Waals surface area contributed by atoms with E-state index in [2.05, 4.69) is 15.4 Å². The first kappa shape index (κ1) is 15.9. The molecule has 0 amide bonds. The van der Waals surface area contributed by atoms with Crippen LogP contribution in [-0.2, 0) is 17.7 Å². The molecule has 0 fully saturated rings. The van der Waals surface area contributed by atoms with Crippen molar-refractivity contribution in [1.82, 2.24) is 14.8 Å². The van der Waals surface area contributed by atoms with E-state index in [1.165, 1.54) is 18.5 Å². The van der Waals surface area contributed by atoms with Gasteiger partial charge in [0.25, 0.3) is 5.69 Å². The highest BCUT2D eigenvalue weighted by Crippen LogP contribution is 2.25. The molecule has 1 unspecified atom stereocenters. The number of nitrogens with one attached hydrogen (secondary N) is 1. The Bertz CT molecular complexity index is 773. The third-order valence-electron chi connectivity index (χ3n) is 3.86. The van der Waals surface area contributed by atoms with Crippen molar-refractivity contribution in [2.24, 2.45) is 0 Å². The highest BCUT2D eigenvalue weighted by Gasteiger charge is 2.24. The van der Waals surface area contributed by atoms with E-state index in [4.69, 9.17) is 4.74 Å². The summed E-state index contributed by atoms with van der Waals surface area (Å²) in [6.07, 6.45) is 3.20. The van der Waals surface area contributed by atoms with Crippen molar-refractivity contribution in [3.8, 4) is 0 Å². The van der Waals surface area contributed by atoms with Crippen molar-refractivity contribution in [3.05, 3.63) is 46.0 Å². The topological polar surface area (TPSA) is 112 Å². The quantitative estimate of drug-likeness (QED) is 0.505. The van der Waals surface area contributed by atoms with Gasteiger partial charge in [-0.1, -0.05) is 0 Å². The molecule has 0 saturated carbocycles. The van der Waals surface area contributed by atoms with Crippen LogP contribution in [0.1, 0.15) is 29.5 Å². The molecule has 2 heterocycles. The van der Waals surface area contributed by atoms with Gasteiger partial charge < -0.3 is 10.1 Å². The number of benzene rings is 1. The van der Waals surface area contributed by atoms with Crippen LogP contribution >= 0.6 is 0 Å². The number of nitro benzene ring substituents is 1. The van der Waals surface area contributed by atoms with Gasteiger partial charge in [0.05, 0.1) is 18.1 Å². The van der Waals surface area contributed by atoms with Crippen LogP contribution in [0.4, 0.5) is 11.4 Å². The third-order valence-corrected chi connectivity index (χ3v) is 3.86. The summed E-state index contributed by atoms with van der Waals surface area (Å²) in [5, 5.41) is 18.6. The fraction of sp³-hybridized carbons (Fsp3) is 0.400. The van der Waals surface area contributed by atoms with E-state index >= 15 is 0 Å². The number of hydrogen-bond acceptors (Lipinski definition) is 7. The molecule has 2 aromatic rings. The van der Waals surface area contributed by atoms with E-state index in [0.29, 0.717) is 12.2 Å². The lowest BCUT2D eigenvalue weighted by Gasteiger charge is -2.24. The summed E-state index contributed by atoms with van der Waals surface area (Å²) in [6, 6.07) is 4.49. The van der Waals surface area contributed by atoms with Crippen molar-refractivity contribution in [1.29, 1.82) is 0 Å². The zero-order valence-electron chi connectivity index (χ0n) is 13.1. The van der Waals surface area contributed by atoms with Crippen LogP contribution in [0.3, 0.4) is 0 Å². The van der Waals surface area contributed by atoms with Crippen molar-refractivity contribution in [3.63, 3.8) is 0 Å². The molecule has 0 spiro atoms. The molecule has 24 heavy (non-hydrogen) atoms. The molecule has 126 valence electrons. The summed E-state index contributed by atoms with van der Waals surface area (Å²) in [5.41, 5.74) is 0.322. The van der Waals surface area contributed by atoms with Gasteiger partial charge in [-0.25, -0.2) is 14.5 Å². The number of hydrogen-bond donors (Lipinski definition) is 1. The van der Waals surface area contributed by atoms with E-state index in [-0.39, 0.29) is 23.9 Å². The first-order valence-electron chi connectivity index (χ1n) is 7.67. The van der Waals surface area contributed by atoms with Gasteiger partial charge >= 0.3 is 5.97 Å². The van der Waals surface area contributed by atoms with Crippen LogP contribution in [0.5, 0.6) is 0 Å². The maximum absolute atomic E-state index is 12.0. The number of fused-ring (bicyclic) bond motifs is 1. The molecule has 1 atom stereocenters. The number of esters is 1. The van der Waals surface area contributed by atoms with Crippen molar-refractivity contribution in [2.45, 2.75) is 32.4 Å². The molecule has 3 rings (SSSR count). The van der Waals surface area contributed by atoms with E-state index in [0.717, 1.165) is 18.7 Å². The number of nitro groups is 1. The molecule has 0 bridgehead atoms. The Morgan fingerprint density at radius 1 is 1.54 bits per heavy atom. The zero-order chi connectivity index (χ0) is 17.1. The van der Waals surface area contributed by atoms with Crippen LogP contribution in [0.15, 0.2) is 24.5 Å². The number of aryl methyl sites for hydroxylation is 1. The Hall–Kier alpha value is -2.97. The second-order valence-corrected chi connectivity index (χ2v) is 5.45. The Labute approximate surface area is 137 Å². The Kier molecular flexibility index (Phi) is 4.41. The van der Waals surface area contributed by atoms with E-state index in [1.807, 2.05) is 4.68 Å². The van der Waals surface area contributed by atoms with Gasteiger partial charge in [-0.05, 0) is 25.5 Å². The summed E-state index contributed by atoms with van der Waals surface area (Å²) in [7, 11) is 0. The second-order valence-electron chi connectivity index (χ2n) is 5.45. The summed E-state index contributed by atoms with van der Waals surface area (Å²) >= 11 is 0. The predicted molar refractivity (Wildman–Crippen MR) is 84.8 cm³/mol. The fourth-order valence-electron chi connectivity index (χ4n) is 2.75. The van der Waals surface area contributed by atoms with Crippen molar-refractivity contribution >= 4 is 17.3 Å². The van der Waals surface area contributed by atoms with Gasteiger partial charge in [0.15, 0.2) is 0 Å². The average Bonchev–Trinajstić information content (AvgIpc) is 3.02. The summed E-state index contributed by atoms with van der Waals surface area (Å²) in [5.74, 6) is 0.249. The molecule has 0 radical (unpaired) electrons. The van der Waals surface area contributed by atoms with Gasteiger partial charge in [0, 0.05) is 24.2 Å². The number of nitrogens with zero attached hydrogens (tertiary/aromatic N) is 4. The molecular weight excluding hydrogens is 314 g/mol. The number of ether oxygens (including phenoxy) is 1. The van der Waals surface area contributed by atoms with E-state index < -0.39 is 10.9 Å². The minimum Gasteiger partial charge on any atom is -0.462 e. The average molecular weight is 331 g/mol. The van der Waals surface area contributed by atoms with Crippen LogP contribution in [0.25, 0.3) is 0 Å². The van der Waals surface area contributed by atoms with Crippen LogP contribution < -0.4 is 5.32 Å². The normalized spacial score (nSPS) is 16.3. The Balaban J connectivity index is 1.80. The first-order valence-corrected chi connectivity index (χ1v) is 7.67. The summed E-state index contributed by atoms with van der Waals surface area (Å²) in [6.45, 7) is 2.47. The fourth-order valence-corrected chi connectivity index (χ4v) is 2.75. The lowest BCUT2D eigenvalue weighted by atomic mass is 10.1. The number of carbonyl (C=O) groups excluding carboxylic acids is 1. The minimum absolute atomic E-state index is 0.0518. The maximum atomic E-state index is 12.0. The highest BCUT2D eigenvalue weighted by atomic mass is 16.6. The number of carbonyl (C=O) groups is 1. The van der Waals surface area contributed by atoms with E-state index in [9.17, 15) is 14.9 Å². The zero-order valence-corrected chi connectivity index (χ0v) is 13.1. The van der Waals surface area contributed by atoms with Crippen LogP contribution in [-0.4, -0.2) is 38.3 Å².